The van der Waals surface area contributed by atoms with Crippen LogP contribution in [-0.2, 0) is 14.3 Å². The van der Waals surface area contributed by atoms with Crippen LogP contribution in [0.4, 0.5) is 0 Å². The first-order valence-electron chi connectivity index (χ1n) is 13.6. The molecule has 0 N–H and O–H groups in total. The van der Waals surface area contributed by atoms with Crippen LogP contribution >= 0.6 is 11.3 Å². The molecule has 1 aromatic heterocycles. The summed E-state index contributed by atoms with van der Waals surface area (Å²) in [7, 11) is 0. The summed E-state index contributed by atoms with van der Waals surface area (Å²) in [5.74, 6) is 1.81. The fourth-order valence-corrected chi connectivity index (χ4v) is 9.10. The Balaban J connectivity index is 1.25. The van der Waals surface area contributed by atoms with Gasteiger partial charge in [0.25, 0.3) is 0 Å². The molecule has 4 aliphatic rings. The molecule has 0 unspecified atom stereocenters. The van der Waals surface area contributed by atoms with E-state index in [2.05, 4.69) is 62.4 Å². The Bertz CT molecular complexity index is 1250. The van der Waals surface area contributed by atoms with Gasteiger partial charge in [-0.15, -0.1) is 11.3 Å². The number of Topliss-reactive ketones (excluding diaryl/α,β-unsaturated/α-hetero) is 1. The SMILES string of the molecule is CC(=O)O[C@@H]1CC[C@@]2(C)C(=CC[C@@H]3[C@H]4C/C(=C\c5ccc(-c6ccccc6)s5)C(=O)[C@]4(C)CC[C@H]32)C1. The standard InChI is InChI=1S/C32H36O3S/c1-20(33)35-24-13-15-31(2)23(19-24)9-11-26-27(31)14-16-32(3)28(26)18-22(30(32)34)17-25-10-12-29(36-25)21-7-5-4-6-8-21/h4-10,12,17,24,26-28H,11,13-16,18-19H2,1-3H3/b22-17+/t24-,26+,27-,28-,31+,32-/m1/s1. The van der Waals surface area contributed by atoms with Crippen molar-refractivity contribution < 1.29 is 14.3 Å². The highest BCUT2D eigenvalue weighted by atomic mass is 32.1. The molecule has 0 radical (unpaired) electrons. The molecule has 2 aromatic rings. The van der Waals surface area contributed by atoms with Crippen LogP contribution in [0.3, 0.4) is 0 Å². The van der Waals surface area contributed by atoms with Gasteiger partial charge in [0.2, 0.25) is 0 Å². The zero-order valence-corrected chi connectivity index (χ0v) is 22.4. The highest BCUT2D eigenvalue weighted by molar-refractivity contribution is 7.16. The number of allylic oxidation sites excluding steroid dienone is 2. The Morgan fingerprint density at radius 2 is 1.78 bits per heavy atom. The molecule has 3 nitrogen and oxygen atoms in total. The Hall–Kier alpha value is -2.46. The van der Waals surface area contributed by atoms with Crippen LogP contribution in [0.5, 0.6) is 0 Å². The minimum absolute atomic E-state index is 0.0291. The molecule has 188 valence electrons. The van der Waals surface area contributed by atoms with Crippen molar-refractivity contribution in [3.63, 3.8) is 0 Å². The molecule has 1 aromatic carbocycles. The summed E-state index contributed by atoms with van der Waals surface area (Å²) in [5.41, 5.74) is 3.70. The number of fused-ring (bicyclic) bond motifs is 5. The van der Waals surface area contributed by atoms with Crippen molar-refractivity contribution in [3.8, 4) is 10.4 Å². The van der Waals surface area contributed by atoms with Crippen LogP contribution in [0.25, 0.3) is 16.5 Å². The van der Waals surface area contributed by atoms with Gasteiger partial charge in [0, 0.05) is 28.5 Å². The minimum atomic E-state index is -0.233. The molecular formula is C32H36O3S. The summed E-state index contributed by atoms with van der Waals surface area (Å²) in [5, 5.41) is 0. The van der Waals surface area contributed by atoms with Gasteiger partial charge >= 0.3 is 5.97 Å². The molecule has 3 saturated carbocycles. The van der Waals surface area contributed by atoms with Crippen molar-refractivity contribution >= 4 is 29.2 Å². The maximum absolute atomic E-state index is 13.8. The first kappa shape index (κ1) is 23.9. The summed E-state index contributed by atoms with van der Waals surface area (Å²) in [6.07, 6.45) is 11.7. The Labute approximate surface area is 218 Å². The van der Waals surface area contributed by atoms with Crippen LogP contribution in [0.2, 0.25) is 0 Å². The number of carbonyl (C=O) groups excluding carboxylic acids is 2. The molecule has 4 aliphatic carbocycles. The second-order valence-corrected chi connectivity index (χ2v) is 13.1. The maximum Gasteiger partial charge on any atom is 0.302 e. The van der Waals surface area contributed by atoms with Gasteiger partial charge in [0.15, 0.2) is 5.78 Å². The second kappa shape index (κ2) is 8.83. The van der Waals surface area contributed by atoms with Gasteiger partial charge in [-0.1, -0.05) is 55.8 Å². The zero-order chi connectivity index (χ0) is 25.1. The van der Waals surface area contributed by atoms with E-state index in [4.69, 9.17) is 4.74 Å². The monoisotopic (exact) mass is 500 g/mol. The van der Waals surface area contributed by atoms with Crippen LogP contribution in [0.1, 0.15) is 70.6 Å². The van der Waals surface area contributed by atoms with E-state index < -0.39 is 0 Å². The molecule has 0 bridgehead atoms. The smallest absolute Gasteiger partial charge is 0.302 e. The first-order chi connectivity index (χ1) is 17.3. The molecule has 0 aliphatic heterocycles. The third kappa shape index (κ3) is 3.84. The molecule has 0 amide bonds. The average Bonchev–Trinajstić information content (AvgIpc) is 3.43. The van der Waals surface area contributed by atoms with Gasteiger partial charge in [0.1, 0.15) is 6.10 Å². The molecule has 1 heterocycles. The molecule has 4 heteroatoms. The summed E-state index contributed by atoms with van der Waals surface area (Å²) in [6, 6.07) is 14.8. The average molecular weight is 501 g/mol. The van der Waals surface area contributed by atoms with Gasteiger partial charge in [-0.05, 0) is 91.0 Å². The Kier molecular flexibility index (Phi) is 5.87. The number of carbonyl (C=O) groups is 2. The molecule has 0 saturated heterocycles. The first-order valence-corrected chi connectivity index (χ1v) is 14.4. The number of ketones is 1. The fraction of sp³-hybridized carbons (Fsp3) is 0.500. The molecule has 6 atom stereocenters. The van der Waals surface area contributed by atoms with Crippen molar-refractivity contribution in [2.45, 2.75) is 71.8 Å². The summed E-state index contributed by atoms with van der Waals surface area (Å²) >= 11 is 1.77. The van der Waals surface area contributed by atoms with Gasteiger partial charge in [0.05, 0.1) is 0 Å². The van der Waals surface area contributed by atoms with E-state index in [0.717, 1.165) is 50.5 Å². The maximum atomic E-state index is 13.8. The quantitative estimate of drug-likeness (QED) is 0.245. The zero-order valence-electron chi connectivity index (χ0n) is 21.6. The summed E-state index contributed by atoms with van der Waals surface area (Å²) in [6.45, 7) is 6.22. The summed E-state index contributed by atoms with van der Waals surface area (Å²) < 4.78 is 5.59. The minimum Gasteiger partial charge on any atom is -0.462 e. The lowest BCUT2D eigenvalue weighted by Crippen LogP contribution is -2.50. The van der Waals surface area contributed by atoms with Crippen molar-refractivity contribution in [2.24, 2.45) is 28.6 Å². The van der Waals surface area contributed by atoms with Crippen LogP contribution < -0.4 is 0 Å². The van der Waals surface area contributed by atoms with Crippen LogP contribution in [-0.4, -0.2) is 17.9 Å². The number of rotatable bonds is 3. The van der Waals surface area contributed by atoms with E-state index in [1.54, 1.807) is 11.3 Å². The Morgan fingerprint density at radius 3 is 2.56 bits per heavy atom. The van der Waals surface area contributed by atoms with Gasteiger partial charge in [-0.25, -0.2) is 0 Å². The number of ether oxygens (including phenoxy) is 1. The largest absolute Gasteiger partial charge is 0.462 e. The topological polar surface area (TPSA) is 43.4 Å². The van der Waals surface area contributed by atoms with Gasteiger partial charge in [-0.3, -0.25) is 9.59 Å². The predicted octanol–water partition coefficient (Wildman–Crippen LogP) is 7.87. The summed E-state index contributed by atoms with van der Waals surface area (Å²) in [4.78, 5) is 27.8. The molecular weight excluding hydrogens is 464 g/mol. The van der Waals surface area contributed by atoms with Crippen LogP contribution in [0.15, 0.2) is 59.7 Å². The normalized spacial score (nSPS) is 36.6. The number of benzene rings is 1. The fourth-order valence-electron chi connectivity index (χ4n) is 8.12. The van der Waals surface area contributed by atoms with Crippen molar-refractivity contribution in [1.82, 2.24) is 0 Å². The molecule has 36 heavy (non-hydrogen) atoms. The number of esters is 1. The van der Waals surface area contributed by atoms with Gasteiger partial charge in [-0.2, -0.15) is 0 Å². The van der Waals surface area contributed by atoms with E-state index in [0.29, 0.717) is 23.5 Å². The van der Waals surface area contributed by atoms with E-state index in [1.165, 1.54) is 27.8 Å². The number of hydrogen-bond acceptors (Lipinski definition) is 4. The number of thiophene rings is 1. The van der Waals surface area contributed by atoms with Gasteiger partial charge < -0.3 is 4.74 Å². The third-order valence-corrected chi connectivity index (χ3v) is 11.1. The van der Waals surface area contributed by atoms with E-state index in [9.17, 15) is 9.59 Å². The molecule has 3 fully saturated rings. The lowest BCUT2D eigenvalue weighted by molar-refractivity contribution is -0.148. The molecule has 0 spiro atoms. The lowest BCUT2D eigenvalue weighted by Gasteiger charge is -2.56. The van der Waals surface area contributed by atoms with E-state index in [1.807, 2.05) is 6.07 Å². The highest BCUT2D eigenvalue weighted by Crippen LogP contribution is 2.65. The van der Waals surface area contributed by atoms with Crippen molar-refractivity contribution in [1.29, 1.82) is 0 Å². The van der Waals surface area contributed by atoms with Crippen LogP contribution in [0, 0.1) is 28.6 Å². The lowest BCUT2D eigenvalue weighted by atomic mass is 9.48. The highest BCUT2D eigenvalue weighted by Gasteiger charge is 2.60. The third-order valence-electron chi connectivity index (χ3n) is 10.0. The van der Waals surface area contributed by atoms with Crippen molar-refractivity contribution in [3.05, 3.63) is 64.6 Å². The van der Waals surface area contributed by atoms with E-state index >= 15 is 0 Å². The second-order valence-electron chi connectivity index (χ2n) is 12.0. The van der Waals surface area contributed by atoms with E-state index in [-0.39, 0.29) is 22.9 Å². The Morgan fingerprint density at radius 1 is 1.00 bits per heavy atom. The number of hydrogen-bond donors (Lipinski definition) is 0. The predicted molar refractivity (Wildman–Crippen MR) is 145 cm³/mol. The van der Waals surface area contributed by atoms with Crippen molar-refractivity contribution in [2.75, 3.05) is 0 Å². The molecule has 6 rings (SSSR count).